The minimum Gasteiger partial charge on any atom is -0.444 e. The molecule has 1 aliphatic carbocycles. The van der Waals surface area contributed by atoms with Gasteiger partial charge in [0.05, 0.1) is 40.9 Å². The quantitative estimate of drug-likeness (QED) is 0.176. The highest BCUT2D eigenvalue weighted by molar-refractivity contribution is 6.32. The van der Waals surface area contributed by atoms with Crippen LogP contribution in [0.3, 0.4) is 0 Å². The fraction of sp³-hybridized carbons (Fsp3) is 0.344. The van der Waals surface area contributed by atoms with Gasteiger partial charge in [-0.25, -0.2) is 9.67 Å². The Kier molecular flexibility index (Phi) is 7.48. The zero-order valence-corrected chi connectivity index (χ0v) is 25.8. The third-order valence-electron chi connectivity index (χ3n) is 8.03. The van der Waals surface area contributed by atoms with E-state index in [1.807, 2.05) is 25.1 Å². The van der Waals surface area contributed by atoms with Crippen molar-refractivity contribution in [2.24, 2.45) is 5.41 Å². The van der Waals surface area contributed by atoms with E-state index in [4.69, 9.17) is 16.0 Å². The van der Waals surface area contributed by atoms with Gasteiger partial charge in [0, 0.05) is 28.7 Å². The van der Waals surface area contributed by atoms with Gasteiger partial charge in [-0.15, -0.1) is 5.10 Å². The molecule has 1 atom stereocenters. The molecular formula is C32H30ClF3N8O. The van der Waals surface area contributed by atoms with E-state index in [2.05, 4.69) is 57.8 Å². The molecule has 0 bridgehead atoms. The number of pyridine rings is 1. The van der Waals surface area contributed by atoms with Gasteiger partial charge in [-0.05, 0) is 48.4 Å². The molecule has 3 heterocycles. The first-order chi connectivity index (χ1) is 21.3. The lowest BCUT2D eigenvalue weighted by molar-refractivity contribution is -0.182. The van der Waals surface area contributed by atoms with E-state index in [1.165, 1.54) is 18.8 Å². The second-order valence-electron chi connectivity index (χ2n) is 12.5. The number of anilines is 2. The highest BCUT2D eigenvalue weighted by Gasteiger charge is 2.66. The predicted octanol–water partition coefficient (Wildman–Crippen LogP) is 8.03. The molecule has 9 nitrogen and oxygen atoms in total. The summed E-state index contributed by atoms with van der Waals surface area (Å²) in [4.78, 5) is 8.64. The second-order valence-corrected chi connectivity index (χ2v) is 12.9. The van der Waals surface area contributed by atoms with Crippen molar-refractivity contribution in [3.8, 4) is 17.4 Å². The van der Waals surface area contributed by atoms with E-state index in [1.54, 1.807) is 18.3 Å². The zero-order valence-electron chi connectivity index (χ0n) is 25.0. The average molecular weight is 635 g/mol. The van der Waals surface area contributed by atoms with Crippen LogP contribution in [-0.2, 0) is 5.54 Å². The van der Waals surface area contributed by atoms with Gasteiger partial charge in [0.1, 0.15) is 11.8 Å². The molecule has 1 saturated carbocycles. The van der Waals surface area contributed by atoms with Crippen molar-refractivity contribution in [3.63, 3.8) is 0 Å². The molecule has 2 aromatic carbocycles. The van der Waals surface area contributed by atoms with E-state index in [0.29, 0.717) is 45.2 Å². The molecule has 232 valence electrons. The lowest BCUT2D eigenvalue weighted by Gasteiger charge is -2.24. The first-order valence-corrected chi connectivity index (χ1v) is 14.7. The monoisotopic (exact) mass is 634 g/mol. The number of fused-ring (bicyclic) bond motifs is 1. The number of alkyl halides is 3. The molecule has 5 aromatic rings. The maximum Gasteiger partial charge on any atom is 0.413 e. The van der Waals surface area contributed by atoms with Gasteiger partial charge in [-0.3, -0.25) is 4.98 Å². The molecule has 1 aliphatic rings. The molecule has 0 unspecified atom stereocenters. The molecule has 6 rings (SSSR count). The number of hydrogen-bond acceptors (Lipinski definition) is 8. The van der Waals surface area contributed by atoms with Crippen LogP contribution in [0, 0.1) is 23.7 Å². The van der Waals surface area contributed by atoms with Gasteiger partial charge in [0.15, 0.2) is 17.7 Å². The molecule has 0 aliphatic heterocycles. The summed E-state index contributed by atoms with van der Waals surface area (Å²) in [6.07, 6.45) is 1.18. The van der Waals surface area contributed by atoms with Crippen molar-refractivity contribution in [3.05, 3.63) is 82.7 Å². The number of halogens is 4. The Bertz CT molecular complexity index is 1920. The summed E-state index contributed by atoms with van der Waals surface area (Å²) in [6.45, 7) is 8.70. The Hall–Kier alpha value is -4.63. The fourth-order valence-electron chi connectivity index (χ4n) is 5.43. The largest absolute Gasteiger partial charge is 0.444 e. The maximum absolute atomic E-state index is 14.0. The van der Waals surface area contributed by atoms with Gasteiger partial charge in [-0.1, -0.05) is 55.8 Å². The van der Waals surface area contributed by atoms with Crippen LogP contribution in [0.5, 0.6) is 0 Å². The van der Waals surface area contributed by atoms with Gasteiger partial charge >= 0.3 is 6.18 Å². The van der Waals surface area contributed by atoms with Crippen LogP contribution < -0.4 is 10.6 Å². The summed E-state index contributed by atoms with van der Waals surface area (Å²) in [6, 6.07) is 10.4. The van der Waals surface area contributed by atoms with Gasteiger partial charge in [-0.2, -0.15) is 18.4 Å². The molecule has 1 fully saturated rings. The first kappa shape index (κ1) is 30.4. The van der Waals surface area contributed by atoms with Crippen LogP contribution in [0.25, 0.3) is 22.2 Å². The lowest BCUT2D eigenvalue weighted by atomic mass is 9.93. The predicted molar refractivity (Wildman–Crippen MR) is 165 cm³/mol. The topological polar surface area (TPSA) is 117 Å². The van der Waals surface area contributed by atoms with Crippen molar-refractivity contribution >= 4 is 33.9 Å². The van der Waals surface area contributed by atoms with Crippen LogP contribution in [0.4, 0.5) is 24.5 Å². The van der Waals surface area contributed by atoms with Gasteiger partial charge < -0.3 is 15.1 Å². The lowest BCUT2D eigenvalue weighted by Crippen LogP contribution is -2.35. The number of benzene rings is 2. The smallest absolute Gasteiger partial charge is 0.413 e. The first-order valence-electron chi connectivity index (χ1n) is 14.3. The van der Waals surface area contributed by atoms with Crippen molar-refractivity contribution in [1.82, 2.24) is 25.0 Å². The number of oxazole rings is 1. The Labute approximate surface area is 262 Å². The number of aromatic nitrogens is 5. The normalized spacial score (nSPS) is 15.1. The number of nitrogens with one attached hydrogen (secondary N) is 2. The molecular weight excluding hydrogens is 605 g/mol. The number of hydrogen-bond donors (Lipinski definition) is 2. The summed E-state index contributed by atoms with van der Waals surface area (Å²) in [7, 11) is 0. The molecule has 45 heavy (non-hydrogen) atoms. The molecule has 2 N–H and O–H groups in total. The van der Waals surface area contributed by atoms with Crippen molar-refractivity contribution in [1.29, 1.82) is 5.26 Å². The fourth-order valence-corrected chi connectivity index (χ4v) is 5.65. The van der Waals surface area contributed by atoms with Crippen LogP contribution in [0.1, 0.15) is 62.0 Å². The van der Waals surface area contributed by atoms with Gasteiger partial charge in [0.25, 0.3) is 0 Å². The molecule has 0 saturated heterocycles. The number of rotatable bonds is 8. The molecule has 13 heteroatoms. The Morgan fingerprint density at radius 1 is 1.18 bits per heavy atom. The van der Waals surface area contributed by atoms with Crippen LogP contribution in [-0.4, -0.2) is 37.7 Å². The third kappa shape index (κ3) is 5.68. The number of nitrogens with zero attached hydrogens (tertiary/aromatic N) is 6. The highest BCUT2D eigenvalue weighted by Crippen LogP contribution is 2.55. The molecule has 0 amide bonds. The van der Waals surface area contributed by atoms with E-state index >= 15 is 0 Å². The van der Waals surface area contributed by atoms with Crippen LogP contribution >= 0.6 is 11.6 Å². The Morgan fingerprint density at radius 2 is 1.96 bits per heavy atom. The Morgan fingerprint density at radius 3 is 2.60 bits per heavy atom. The Balaban J connectivity index is 1.50. The second kappa shape index (κ2) is 11.1. The summed E-state index contributed by atoms with van der Waals surface area (Å²) in [5, 5.41) is 25.9. The number of nitriles is 1. The zero-order chi connectivity index (χ0) is 32.1. The van der Waals surface area contributed by atoms with Crippen LogP contribution in [0.2, 0.25) is 5.02 Å². The summed E-state index contributed by atoms with van der Waals surface area (Å²) >= 11 is 6.65. The van der Waals surface area contributed by atoms with Crippen molar-refractivity contribution in [2.45, 2.75) is 58.3 Å². The highest BCUT2D eigenvalue weighted by atomic mass is 35.5. The molecule has 0 radical (unpaired) electrons. The van der Waals surface area contributed by atoms with E-state index in [-0.39, 0.29) is 24.0 Å². The van der Waals surface area contributed by atoms with E-state index < -0.39 is 17.8 Å². The minimum absolute atomic E-state index is 0.0637. The third-order valence-corrected chi connectivity index (χ3v) is 8.25. The van der Waals surface area contributed by atoms with E-state index in [9.17, 15) is 18.4 Å². The van der Waals surface area contributed by atoms with Crippen molar-refractivity contribution < 1.29 is 17.6 Å². The standard InChI is InChI=1S/C32H30ClF3N8O/c1-18-21(26-14-38-17-45-26)6-5-7-22(18)29(25-15-44(43-42-25)31(8-9-31)32(34,35)36)41-24-11-20(33)10-23-27(40-16-30(2,3)4)19(12-37)13-39-28(23)24/h5-7,10-11,13-15,17,29,41H,8-9,16H2,1-4H3,(H,39,40)/t29-/m0/s1. The van der Waals surface area contributed by atoms with Gasteiger partial charge in [0.2, 0.25) is 0 Å². The summed E-state index contributed by atoms with van der Waals surface area (Å²) < 4.78 is 48.5. The minimum atomic E-state index is -4.47. The summed E-state index contributed by atoms with van der Waals surface area (Å²) in [5.41, 5.74) is 2.39. The SMILES string of the molecule is Cc1c(-c2cnco2)cccc1[C@H](Nc1cc(Cl)cc2c(NCC(C)(C)C)c(C#N)cnc12)c1cn(C2(C(F)(F)F)CC2)nn1. The van der Waals surface area contributed by atoms with E-state index in [0.717, 1.165) is 21.4 Å². The van der Waals surface area contributed by atoms with Crippen molar-refractivity contribution in [2.75, 3.05) is 17.2 Å². The van der Waals surface area contributed by atoms with Crippen LogP contribution in [0.15, 0.2) is 59.7 Å². The molecule has 0 spiro atoms. The summed E-state index contributed by atoms with van der Waals surface area (Å²) in [5.74, 6) is 0.541. The molecule has 3 aromatic heterocycles. The average Bonchev–Trinajstić information content (AvgIpc) is 3.37. The maximum atomic E-state index is 14.0.